The lowest BCUT2D eigenvalue weighted by molar-refractivity contribution is 0.102. The van der Waals surface area contributed by atoms with Crippen LogP contribution >= 0.6 is 0 Å². The molecule has 4 nitrogen and oxygen atoms in total. The predicted molar refractivity (Wildman–Crippen MR) is 65.8 cm³/mol. The average molecular weight is 263 g/mol. The number of aromatic nitrogens is 2. The van der Waals surface area contributed by atoms with E-state index in [0.717, 1.165) is 6.07 Å². The molecule has 0 spiro atoms. The smallest absolute Gasteiger partial charge is 0.274 e. The van der Waals surface area contributed by atoms with E-state index in [1.807, 2.05) is 0 Å². The average Bonchev–Trinajstić information content (AvgIpc) is 2.38. The minimum absolute atomic E-state index is 0.135. The lowest BCUT2D eigenvalue weighted by Crippen LogP contribution is -2.17. The first-order chi connectivity index (χ1) is 9.00. The summed E-state index contributed by atoms with van der Waals surface area (Å²) in [4.78, 5) is 19.7. The molecule has 19 heavy (non-hydrogen) atoms. The Hall–Kier alpha value is -2.37. The molecule has 1 N–H and O–H groups in total. The summed E-state index contributed by atoms with van der Waals surface area (Å²) in [5.74, 6) is -2.72. The highest BCUT2D eigenvalue weighted by Gasteiger charge is 2.16. The van der Waals surface area contributed by atoms with Gasteiger partial charge in [0, 0.05) is 11.3 Å². The number of amides is 1. The quantitative estimate of drug-likeness (QED) is 0.906. The lowest BCUT2D eigenvalue weighted by atomic mass is 10.2. The maximum atomic E-state index is 13.4. The Bertz CT molecular complexity index is 644. The zero-order valence-corrected chi connectivity index (χ0v) is 10.4. The zero-order chi connectivity index (χ0) is 14.0. The van der Waals surface area contributed by atoms with Crippen LogP contribution in [0, 0.1) is 25.5 Å². The minimum Gasteiger partial charge on any atom is -0.318 e. The van der Waals surface area contributed by atoms with Gasteiger partial charge in [-0.2, -0.15) is 0 Å². The van der Waals surface area contributed by atoms with Crippen molar-refractivity contribution < 1.29 is 13.6 Å². The van der Waals surface area contributed by atoms with Crippen LogP contribution in [0.5, 0.6) is 0 Å². The molecule has 98 valence electrons. The van der Waals surface area contributed by atoms with E-state index in [-0.39, 0.29) is 11.4 Å². The Morgan fingerprint density at radius 2 is 1.95 bits per heavy atom. The highest BCUT2D eigenvalue weighted by Crippen LogP contribution is 2.18. The van der Waals surface area contributed by atoms with Gasteiger partial charge in [-0.15, -0.1) is 0 Å². The fraction of sp³-hybridized carbons (Fsp3) is 0.154. The number of hydrogen-bond donors (Lipinski definition) is 1. The van der Waals surface area contributed by atoms with Crippen molar-refractivity contribution in [2.75, 3.05) is 5.32 Å². The van der Waals surface area contributed by atoms with Gasteiger partial charge in [-0.1, -0.05) is 6.07 Å². The van der Waals surface area contributed by atoms with Crippen molar-refractivity contribution in [2.24, 2.45) is 0 Å². The van der Waals surface area contributed by atoms with Gasteiger partial charge in [-0.3, -0.25) is 4.79 Å². The predicted octanol–water partition coefficient (Wildman–Crippen LogP) is 2.62. The number of halogens is 2. The van der Waals surface area contributed by atoms with Crippen LogP contribution in [0.25, 0.3) is 0 Å². The molecule has 1 aromatic heterocycles. The molecule has 0 atom stereocenters. The maximum Gasteiger partial charge on any atom is 0.274 e. The third-order valence-electron chi connectivity index (χ3n) is 2.75. The summed E-state index contributed by atoms with van der Waals surface area (Å²) in [6.07, 6.45) is 1.25. The molecule has 2 aromatic rings. The number of hydrogen-bond acceptors (Lipinski definition) is 3. The summed E-state index contributed by atoms with van der Waals surface area (Å²) >= 11 is 0. The number of anilines is 1. The molecule has 6 heteroatoms. The molecule has 2 rings (SSSR count). The Morgan fingerprint density at radius 1 is 1.21 bits per heavy atom. The van der Waals surface area contributed by atoms with Gasteiger partial charge in [0.25, 0.3) is 5.91 Å². The highest BCUT2D eigenvalue weighted by molar-refractivity contribution is 6.03. The molecule has 1 amide bonds. The van der Waals surface area contributed by atoms with E-state index in [0.29, 0.717) is 11.3 Å². The zero-order valence-electron chi connectivity index (χ0n) is 10.4. The number of carbonyl (C=O) groups excluding carboxylic acids is 1. The van der Waals surface area contributed by atoms with Gasteiger partial charge in [-0.05, 0) is 26.0 Å². The first-order valence-electron chi connectivity index (χ1n) is 5.54. The molecule has 0 saturated heterocycles. The SMILES string of the molecule is Cc1ncnc(C(=O)Nc2cccc(F)c2F)c1C. The molecular formula is C13H11F2N3O. The number of nitrogens with zero attached hydrogens (tertiary/aromatic N) is 2. The van der Waals surface area contributed by atoms with Crippen LogP contribution in [0.3, 0.4) is 0 Å². The molecule has 1 aromatic carbocycles. The van der Waals surface area contributed by atoms with Crippen LogP contribution in [-0.4, -0.2) is 15.9 Å². The molecule has 0 saturated carbocycles. The van der Waals surface area contributed by atoms with Crippen LogP contribution in [0.4, 0.5) is 14.5 Å². The molecular weight excluding hydrogens is 252 g/mol. The van der Waals surface area contributed by atoms with E-state index in [1.54, 1.807) is 13.8 Å². The van der Waals surface area contributed by atoms with Crippen molar-refractivity contribution in [3.8, 4) is 0 Å². The van der Waals surface area contributed by atoms with Crippen molar-refractivity contribution >= 4 is 11.6 Å². The van der Waals surface area contributed by atoms with Gasteiger partial charge in [0.1, 0.15) is 12.0 Å². The maximum absolute atomic E-state index is 13.4. The van der Waals surface area contributed by atoms with E-state index >= 15 is 0 Å². The van der Waals surface area contributed by atoms with Gasteiger partial charge >= 0.3 is 0 Å². The fourth-order valence-electron chi connectivity index (χ4n) is 1.55. The summed E-state index contributed by atoms with van der Waals surface area (Å²) in [5, 5.41) is 2.29. The van der Waals surface area contributed by atoms with Crippen LogP contribution < -0.4 is 5.32 Å². The van der Waals surface area contributed by atoms with Gasteiger partial charge in [-0.25, -0.2) is 18.7 Å². The second kappa shape index (κ2) is 5.09. The van der Waals surface area contributed by atoms with Crippen molar-refractivity contribution in [3.63, 3.8) is 0 Å². The number of nitrogens with one attached hydrogen (secondary N) is 1. The Balaban J connectivity index is 2.31. The molecule has 0 bridgehead atoms. The van der Waals surface area contributed by atoms with Gasteiger partial charge in [0.15, 0.2) is 11.6 Å². The van der Waals surface area contributed by atoms with Crippen molar-refractivity contribution in [3.05, 3.63) is 53.1 Å². The molecule has 0 fully saturated rings. The third-order valence-corrected chi connectivity index (χ3v) is 2.75. The molecule has 1 heterocycles. The summed E-state index contributed by atoms with van der Waals surface area (Å²) in [6, 6.07) is 3.57. The van der Waals surface area contributed by atoms with Crippen LogP contribution in [-0.2, 0) is 0 Å². The van der Waals surface area contributed by atoms with Crippen molar-refractivity contribution in [2.45, 2.75) is 13.8 Å². The number of rotatable bonds is 2. The van der Waals surface area contributed by atoms with Crippen molar-refractivity contribution in [1.29, 1.82) is 0 Å². The normalized spacial score (nSPS) is 10.3. The van der Waals surface area contributed by atoms with E-state index in [2.05, 4.69) is 15.3 Å². The molecule has 0 aliphatic rings. The lowest BCUT2D eigenvalue weighted by Gasteiger charge is -2.08. The summed E-state index contributed by atoms with van der Waals surface area (Å²) < 4.78 is 26.5. The summed E-state index contributed by atoms with van der Waals surface area (Å²) in [6.45, 7) is 3.42. The van der Waals surface area contributed by atoms with Crippen LogP contribution in [0.1, 0.15) is 21.7 Å². The summed E-state index contributed by atoms with van der Waals surface area (Å²) in [5.41, 5.74) is 1.16. The second-order valence-electron chi connectivity index (χ2n) is 3.99. The number of benzene rings is 1. The van der Waals surface area contributed by atoms with Crippen molar-refractivity contribution in [1.82, 2.24) is 9.97 Å². The van der Waals surface area contributed by atoms with Crippen LogP contribution in [0.2, 0.25) is 0 Å². The number of aryl methyl sites for hydroxylation is 1. The van der Waals surface area contributed by atoms with E-state index in [9.17, 15) is 13.6 Å². The Labute approximate surface area is 108 Å². The number of carbonyl (C=O) groups is 1. The third kappa shape index (κ3) is 2.57. The molecule has 0 aliphatic heterocycles. The minimum atomic E-state index is -1.10. The Kier molecular flexibility index (Phi) is 3.50. The monoisotopic (exact) mass is 263 g/mol. The van der Waals surface area contributed by atoms with Gasteiger partial charge in [0.05, 0.1) is 5.69 Å². The largest absolute Gasteiger partial charge is 0.318 e. The Morgan fingerprint density at radius 3 is 2.68 bits per heavy atom. The highest BCUT2D eigenvalue weighted by atomic mass is 19.2. The summed E-state index contributed by atoms with van der Waals surface area (Å²) in [7, 11) is 0. The van der Waals surface area contributed by atoms with E-state index < -0.39 is 17.5 Å². The first-order valence-corrected chi connectivity index (χ1v) is 5.54. The van der Waals surface area contributed by atoms with E-state index in [4.69, 9.17) is 0 Å². The van der Waals surface area contributed by atoms with Crippen LogP contribution in [0.15, 0.2) is 24.5 Å². The standard InChI is InChI=1S/C13H11F2N3O/c1-7-8(2)16-6-17-12(7)13(19)18-10-5-3-4-9(14)11(10)15/h3-6H,1-2H3,(H,18,19). The van der Waals surface area contributed by atoms with Gasteiger partial charge in [0.2, 0.25) is 0 Å². The first kappa shape index (κ1) is 13.1. The second-order valence-corrected chi connectivity index (χ2v) is 3.99. The fourth-order valence-corrected chi connectivity index (χ4v) is 1.55. The molecule has 0 radical (unpaired) electrons. The molecule has 0 aliphatic carbocycles. The van der Waals surface area contributed by atoms with Gasteiger partial charge < -0.3 is 5.32 Å². The van der Waals surface area contributed by atoms with E-state index in [1.165, 1.54) is 18.5 Å². The topological polar surface area (TPSA) is 54.9 Å². The molecule has 0 unspecified atom stereocenters.